The zero-order valence-corrected chi connectivity index (χ0v) is 13.0. The lowest BCUT2D eigenvalue weighted by Gasteiger charge is -2.38. The fourth-order valence-electron chi connectivity index (χ4n) is 3.41. The van der Waals surface area contributed by atoms with Gasteiger partial charge in [0.05, 0.1) is 0 Å². The third-order valence-electron chi connectivity index (χ3n) is 4.78. The van der Waals surface area contributed by atoms with Crippen molar-refractivity contribution in [2.75, 3.05) is 33.2 Å². The van der Waals surface area contributed by atoms with Gasteiger partial charge in [0.15, 0.2) is 0 Å². The monoisotopic (exact) mass is 297 g/mol. The van der Waals surface area contributed by atoms with Gasteiger partial charge in [-0.3, -0.25) is 4.79 Å². The minimum atomic E-state index is -0.738. The molecule has 0 spiro atoms. The number of amides is 2. The number of carboxylic acids is 1. The molecular formula is C15H27N3O3. The van der Waals surface area contributed by atoms with E-state index in [0.717, 1.165) is 32.4 Å². The zero-order valence-electron chi connectivity index (χ0n) is 13.0. The van der Waals surface area contributed by atoms with Crippen LogP contribution >= 0.6 is 0 Å². The molecule has 0 saturated carbocycles. The van der Waals surface area contributed by atoms with Crippen molar-refractivity contribution in [2.45, 2.75) is 38.6 Å². The maximum Gasteiger partial charge on any atom is 0.317 e. The first-order valence-corrected chi connectivity index (χ1v) is 7.91. The number of urea groups is 1. The van der Waals surface area contributed by atoms with Crippen molar-refractivity contribution in [2.24, 2.45) is 11.8 Å². The number of aliphatic carboxylic acids is 1. The predicted molar refractivity (Wildman–Crippen MR) is 80.1 cm³/mol. The van der Waals surface area contributed by atoms with E-state index in [1.165, 1.54) is 0 Å². The summed E-state index contributed by atoms with van der Waals surface area (Å²) in [6.45, 7) is 5.57. The third kappa shape index (κ3) is 4.59. The van der Waals surface area contributed by atoms with Crippen molar-refractivity contribution >= 4 is 12.0 Å². The summed E-state index contributed by atoms with van der Waals surface area (Å²) in [7, 11) is 2.11. The topological polar surface area (TPSA) is 72.9 Å². The Balaban J connectivity index is 1.76. The molecule has 2 rings (SSSR count). The Bertz CT molecular complexity index is 380. The van der Waals surface area contributed by atoms with Gasteiger partial charge in [-0.15, -0.1) is 0 Å². The Hall–Kier alpha value is -1.30. The van der Waals surface area contributed by atoms with E-state index in [1.54, 1.807) is 0 Å². The van der Waals surface area contributed by atoms with Gasteiger partial charge in [0, 0.05) is 32.1 Å². The maximum absolute atomic E-state index is 12.3. The summed E-state index contributed by atoms with van der Waals surface area (Å²) < 4.78 is 0. The van der Waals surface area contributed by atoms with Crippen molar-refractivity contribution in [3.05, 3.63) is 0 Å². The first kappa shape index (κ1) is 16.1. The SMILES string of the molecule is CC1CN(C)CCC1NC(=O)N1CCC(CC(=O)O)CC1. The zero-order chi connectivity index (χ0) is 15.4. The number of nitrogens with one attached hydrogen (secondary N) is 1. The second-order valence-electron chi connectivity index (χ2n) is 6.61. The van der Waals surface area contributed by atoms with Crippen LogP contribution in [0, 0.1) is 11.8 Å². The van der Waals surface area contributed by atoms with E-state index < -0.39 is 5.97 Å². The highest BCUT2D eigenvalue weighted by molar-refractivity contribution is 5.74. The molecule has 6 nitrogen and oxygen atoms in total. The number of carbonyl (C=O) groups is 2. The molecule has 6 heteroatoms. The first-order valence-electron chi connectivity index (χ1n) is 7.91. The highest BCUT2D eigenvalue weighted by atomic mass is 16.4. The van der Waals surface area contributed by atoms with Crippen LogP contribution < -0.4 is 5.32 Å². The van der Waals surface area contributed by atoms with Gasteiger partial charge in [-0.2, -0.15) is 0 Å². The lowest BCUT2D eigenvalue weighted by molar-refractivity contribution is -0.138. The number of hydrogen-bond acceptors (Lipinski definition) is 3. The normalized spacial score (nSPS) is 28.4. The summed E-state index contributed by atoms with van der Waals surface area (Å²) in [6.07, 6.45) is 2.81. The van der Waals surface area contributed by atoms with Crippen LogP contribution in [0.4, 0.5) is 4.79 Å². The molecule has 2 amide bonds. The Morgan fingerprint density at radius 2 is 1.86 bits per heavy atom. The standard InChI is InChI=1S/C15H27N3O3/c1-11-10-17(2)6-5-13(11)16-15(21)18-7-3-12(4-8-18)9-14(19)20/h11-13H,3-10H2,1-2H3,(H,16,21)(H,19,20). The quantitative estimate of drug-likeness (QED) is 0.821. The van der Waals surface area contributed by atoms with Crippen molar-refractivity contribution < 1.29 is 14.7 Å². The van der Waals surface area contributed by atoms with Crippen LogP contribution in [0.2, 0.25) is 0 Å². The van der Waals surface area contributed by atoms with Gasteiger partial charge in [0.2, 0.25) is 0 Å². The average molecular weight is 297 g/mol. The van der Waals surface area contributed by atoms with Gasteiger partial charge in [-0.1, -0.05) is 6.92 Å². The molecule has 120 valence electrons. The number of piperidine rings is 2. The number of carboxylic acid groups (broad SMARTS) is 1. The highest BCUT2D eigenvalue weighted by Crippen LogP contribution is 2.21. The summed E-state index contributed by atoms with van der Waals surface area (Å²) in [5.41, 5.74) is 0. The Morgan fingerprint density at radius 1 is 1.19 bits per heavy atom. The smallest absolute Gasteiger partial charge is 0.317 e. The predicted octanol–water partition coefficient (Wildman–Crippen LogP) is 1.22. The molecule has 0 radical (unpaired) electrons. The molecule has 2 heterocycles. The van der Waals surface area contributed by atoms with Crippen molar-refractivity contribution in [1.29, 1.82) is 0 Å². The van der Waals surface area contributed by atoms with E-state index in [9.17, 15) is 9.59 Å². The van der Waals surface area contributed by atoms with Crippen molar-refractivity contribution in [3.63, 3.8) is 0 Å². The summed E-state index contributed by atoms with van der Waals surface area (Å²) in [5.74, 6) is -0.0518. The molecule has 0 aromatic heterocycles. The fourth-order valence-corrected chi connectivity index (χ4v) is 3.41. The molecule has 2 atom stereocenters. The Kier molecular flexibility index (Phi) is 5.45. The molecule has 2 unspecified atom stereocenters. The van der Waals surface area contributed by atoms with Gasteiger partial charge >= 0.3 is 12.0 Å². The van der Waals surface area contributed by atoms with Gasteiger partial charge < -0.3 is 20.2 Å². The highest BCUT2D eigenvalue weighted by Gasteiger charge is 2.29. The molecule has 0 aromatic rings. The second kappa shape index (κ2) is 7.11. The first-order chi connectivity index (χ1) is 9.95. The molecular weight excluding hydrogens is 270 g/mol. The molecule has 2 saturated heterocycles. The minimum Gasteiger partial charge on any atom is -0.481 e. The summed E-state index contributed by atoms with van der Waals surface area (Å²) >= 11 is 0. The third-order valence-corrected chi connectivity index (χ3v) is 4.78. The minimum absolute atomic E-state index is 0.0187. The Labute approximate surface area is 126 Å². The van der Waals surface area contributed by atoms with Crippen LogP contribution in [0.3, 0.4) is 0 Å². The lowest BCUT2D eigenvalue weighted by atomic mass is 9.93. The lowest BCUT2D eigenvalue weighted by Crippen LogP contribution is -2.53. The van der Waals surface area contributed by atoms with E-state index in [0.29, 0.717) is 19.0 Å². The van der Waals surface area contributed by atoms with Crippen LogP contribution in [0.15, 0.2) is 0 Å². The van der Waals surface area contributed by atoms with E-state index in [-0.39, 0.29) is 24.4 Å². The van der Waals surface area contributed by atoms with Crippen molar-refractivity contribution in [3.8, 4) is 0 Å². The fraction of sp³-hybridized carbons (Fsp3) is 0.867. The van der Waals surface area contributed by atoms with Crippen LogP contribution in [0.25, 0.3) is 0 Å². The number of rotatable bonds is 3. The molecule has 0 aromatic carbocycles. The van der Waals surface area contributed by atoms with Crippen LogP contribution in [-0.4, -0.2) is 66.2 Å². The van der Waals surface area contributed by atoms with Gasteiger partial charge in [-0.25, -0.2) is 4.79 Å². The van der Waals surface area contributed by atoms with Crippen LogP contribution in [0.5, 0.6) is 0 Å². The van der Waals surface area contributed by atoms with E-state index in [2.05, 4.69) is 24.2 Å². The summed E-state index contributed by atoms with van der Waals surface area (Å²) in [4.78, 5) is 27.2. The number of nitrogens with zero attached hydrogens (tertiary/aromatic N) is 2. The van der Waals surface area contributed by atoms with Gasteiger partial charge in [0.1, 0.15) is 0 Å². The Morgan fingerprint density at radius 3 is 2.43 bits per heavy atom. The number of carbonyl (C=O) groups excluding carboxylic acids is 1. The van der Waals surface area contributed by atoms with Crippen molar-refractivity contribution in [1.82, 2.24) is 15.1 Å². The summed E-state index contributed by atoms with van der Waals surface area (Å²) in [6, 6.07) is 0.274. The van der Waals surface area contributed by atoms with E-state index >= 15 is 0 Å². The molecule has 2 aliphatic heterocycles. The maximum atomic E-state index is 12.3. The molecule has 21 heavy (non-hydrogen) atoms. The van der Waals surface area contributed by atoms with Crippen LogP contribution in [0.1, 0.15) is 32.6 Å². The average Bonchev–Trinajstić information content (AvgIpc) is 2.42. The van der Waals surface area contributed by atoms with E-state index in [1.807, 2.05) is 4.90 Å². The summed E-state index contributed by atoms with van der Waals surface area (Å²) in [5, 5.41) is 12.0. The van der Waals surface area contributed by atoms with Gasteiger partial charge in [-0.05, 0) is 44.7 Å². The van der Waals surface area contributed by atoms with Gasteiger partial charge in [0.25, 0.3) is 0 Å². The van der Waals surface area contributed by atoms with Crippen LogP contribution in [-0.2, 0) is 4.79 Å². The number of hydrogen-bond donors (Lipinski definition) is 2. The second-order valence-corrected chi connectivity index (χ2v) is 6.61. The largest absolute Gasteiger partial charge is 0.481 e. The van der Waals surface area contributed by atoms with E-state index in [4.69, 9.17) is 5.11 Å². The molecule has 2 fully saturated rings. The molecule has 2 aliphatic rings. The molecule has 2 N–H and O–H groups in total. The molecule has 0 aliphatic carbocycles. The number of likely N-dealkylation sites (tertiary alicyclic amines) is 2. The molecule has 0 bridgehead atoms.